The quantitative estimate of drug-likeness (QED) is 0.733. The van der Waals surface area contributed by atoms with Gasteiger partial charge in [-0.15, -0.1) is 0 Å². The van der Waals surface area contributed by atoms with Crippen LogP contribution in [0.4, 0.5) is 5.69 Å². The van der Waals surface area contributed by atoms with Crippen molar-refractivity contribution in [2.45, 2.75) is 27.2 Å². The molecule has 0 atom stereocenters. The molecule has 2 N–H and O–H groups in total. The molecule has 0 bridgehead atoms. The standard InChI is InChI=1S/C13H16N2O/c1-13(2,3)12(16)9-5-4-8-7-11(14)15-10(8)6-9/h4-6H,7H2,1-3H3,(H2,14,15). The number of Topliss-reactive ketones (excluding diaryl/α,β-unsaturated/α-hetero) is 1. The van der Waals surface area contributed by atoms with Crippen molar-refractivity contribution in [3.05, 3.63) is 29.3 Å². The predicted molar refractivity (Wildman–Crippen MR) is 65.2 cm³/mol. The molecule has 0 radical (unpaired) electrons. The van der Waals surface area contributed by atoms with Gasteiger partial charge in [-0.3, -0.25) is 4.79 Å². The third-order valence-electron chi connectivity index (χ3n) is 2.66. The van der Waals surface area contributed by atoms with Crippen molar-refractivity contribution in [1.82, 2.24) is 0 Å². The molecule has 84 valence electrons. The highest BCUT2D eigenvalue weighted by atomic mass is 16.1. The Bertz CT molecular complexity index is 481. The van der Waals surface area contributed by atoms with Crippen LogP contribution in [0, 0.1) is 5.41 Å². The Morgan fingerprint density at radius 2 is 2.06 bits per heavy atom. The van der Waals surface area contributed by atoms with E-state index in [1.54, 1.807) is 0 Å². The maximum atomic E-state index is 12.1. The summed E-state index contributed by atoms with van der Waals surface area (Å²) >= 11 is 0. The van der Waals surface area contributed by atoms with E-state index in [9.17, 15) is 4.79 Å². The molecule has 16 heavy (non-hydrogen) atoms. The Morgan fingerprint density at radius 1 is 1.38 bits per heavy atom. The Labute approximate surface area is 95.4 Å². The first-order chi connectivity index (χ1) is 7.38. The van der Waals surface area contributed by atoms with E-state index in [1.807, 2.05) is 39.0 Å². The van der Waals surface area contributed by atoms with E-state index in [0.29, 0.717) is 17.8 Å². The van der Waals surface area contributed by atoms with Gasteiger partial charge >= 0.3 is 0 Å². The summed E-state index contributed by atoms with van der Waals surface area (Å²) in [6.07, 6.45) is 0.694. The monoisotopic (exact) mass is 216 g/mol. The fraction of sp³-hybridized carbons (Fsp3) is 0.385. The molecular formula is C13H16N2O. The maximum absolute atomic E-state index is 12.1. The number of aliphatic imine (C=N–C) groups is 1. The third kappa shape index (κ3) is 1.85. The fourth-order valence-electron chi connectivity index (χ4n) is 1.78. The molecule has 0 unspecified atom stereocenters. The minimum Gasteiger partial charge on any atom is -0.387 e. The van der Waals surface area contributed by atoms with Crippen molar-refractivity contribution in [3.8, 4) is 0 Å². The van der Waals surface area contributed by atoms with Crippen LogP contribution < -0.4 is 5.73 Å². The van der Waals surface area contributed by atoms with Crippen molar-refractivity contribution in [2.24, 2.45) is 16.1 Å². The van der Waals surface area contributed by atoms with Crippen molar-refractivity contribution >= 4 is 17.3 Å². The minimum absolute atomic E-state index is 0.135. The van der Waals surface area contributed by atoms with Gasteiger partial charge in [0.2, 0.25) is 0 Å². The number of hydrogen-bond donors (Lipinski definition) is 1. The number of fused-ring (bicyclic) bond motifs is 1. The van der Waals surface area contributed by atoms with Gasteiger partial charge in [0, 0.05) is 17.4 Å². The molecule has 0 saturated heterocycles. The zero-order chi connectivity index (χ0) is 11.9. The molecule has 3 heteroatoms. The SMILES string of the molecule is CC(C)(C)C(=O)c1ccc2c(c1)N=C(N)C2. The summed E-state index contributed by atoms with van der Waals surface area (Å²) in [5.74, 6) is 0.756. The fourth-order valence-corrected chi connectivity index (χ4v) is 1.78. The number of rotatable bonds is 1. The molecule has 2 rings (SSSR count). The number of carbonyl (C=O) groups excluding carboxylic acids is 1. The second kappa shape index (κ2) is 3.44. The minimum atomic E-state index is -0.359. The van der Waals surface area contributed by atoms with Crippen LogP contribution in [0.1, 0.15) is 36.7 Å². The summed E-state index contributed by atoms with van der Waals surface area (Å²) < 4.78 is 0. The molecule has 0 fully saturated rings. The van der Waals surface area contributed by atoms with Crippen LogP contribution in [-0.4, -0.2) is 11.6 Å². The van der Waals surface area contributed by atoms with Crippen LogP contribution in [0.2, 0.25) is 0 Å². The van der Waals surface area contributed by atoms with Gasteiger partial charge in [-0.25, -0.2) is 4.99 Å². The van der Waals surface area contributed by atoms with Gasteiger partial charge in [-0.05, 0) is 11.6 Å². The van der Waals surface area contributed by atoms with Gasteiger partial charge in [0.1, 0.15) is 5.84 Å². The van der Waals surface area contributed by atoms with Crippen molar-refractivity contribution in [2.75, 3.05) is 0 Å². The van der Waals surface area contributed by atoms with E-state index in [2.05, 4.69) is 4.99 Å². The van der Waals surface area contributed by atoms with E-state index in [4.69, 9.17) is 5.73 Å². The number of ketones is 1. The number of nitrogens with two attached hydrogens (primary N) is 1. The molecule has 1 aromatic rings. The lowest BCUT2D eigenvalue weighted by atomic mass is 9.86. The van der Waals surface area contributed by atoms with Crippen molar-refractivity contribution in [3.63, 3.8) is 0 Å². The van der Waals surface area contributed by atoms with Crippen LogP contribution in [0.25, 0.3) is 0 Å². The Balaban J connectivity index is 2.39. The normalized spacial score (nSPS) is 14.6. The second-order valence-electron chi connectivity index (χ2n) is 5.20. The average Bonchev–Trinajstić information content (AvgIpc) is 2.54. The zero-order valence-electron chi connectivity index (χ0n) is 9.87. The predicted octanol–water partition coefficient (Wildman–Crippen LogP) is 2.46. The summed E-state index contributed by atoms with van der Waals surface area (Å²) in [7, 11) is 0. The molecule has 1 aliphatic heterocycles. The van der Waals surface area contributed by atoms with Gasteiger partial charge in [-0.1, -0.05) is 32.9 Å². The first kappa shape index (κ1) is 10.9. The van der Waals surface area contributed by atoms with Crippen LogP contribution >= 0.6 is 0 Å². The molecule has 0 saturated carbocycles. The first-order valence-corrected chi connectivity index (χ1v) is 5.39. The van der Waals surface area contributed by atoms with E-state index in [-0.39, 0.29) is 11.2 Å². The van der Waals surface area contributed by atoms with Crippen LogP contribution in [0.15, 0.2) is 23.2 Å². The maximum Gasteiger partial charge on any atom is 0.168 e. The van der Waals surface area contributed by atoms with Crippen LogP contribution in [0.3, 0.4) is 0 Å². The van der Waals surface area contributed by atoms with Crippen molar-refractivity contribution in [1.29, 1.82) is 0 Å². The Hall–Kier alpha value is -1.64. The van der Waals surface area contributed by atoms with Gasteiger partial charge in [0.05, 0.1) is 5.69 Å². The highest BCUT2D eigenvalue weighted by Crippen LogP contribution is 2.29. The van der Waals surface area contributed by atoms with E-state index in [1.165, 1.54) is 0 Å². The molecular weight excluding hydrogens is 200 g/mol. The average molecular weight is 216 g/mol. The lowest BCUT2D eigenvalue weighted by Crippen LogP contribution is -2.20. The number of carbonyl (C=O) groups is 1. The van der Waals surface area contributed by atoms with E-state index < -0.39 is 0 Å². The number of nitrogens with zero attached hydrogens (tertiary/aromatic N) is 1. The molecule has 1 aromatic carbocycles. The number of amidine groups is 1. The lowest BCUT2D eigenvalue weighted by molar-refractivity contribution is 0.0858. The third-order valence-corrected chi connectivity index (χ3v) is 2.66. The molecule has 1 aliphatic rings. The smallest absolute Gasteiger partial charge is 0.168 e. The molecule has 3 nitrogen and oxygen atoms in total. The topological polar surface area (TPSA) is 55.5 Å². The van der Waals surface area contributed by atoms with Gasteiger partial charge in [0.15, 0.2) is 5.78 Å². The second-order valence-corrected chi connectivity index (χ2v) is 5.20. The number of benzene rings is 1. The molecule has 0 aromatic heterocycles. The first-order valence-electron chi connectivity index (χ1n) is 5.39. The molecule has 1 heterocycles. The largest absolute Gasteiger partial charge is 0.387 e. The number of hydrogen-bond acceptors (Lipinski definition) is 3. The molecule has 0 spiro atoms. The van der Waals surface area contributed by atoms with Gasteiger partial charge < -0.3 is 5.73 Å². The molecule has 0 aliphatic carbocycles. The van der Waals surface area contributed by atoms with Crippen LogP contribution in [0.5, 0.6) is 0 Å². The van der Waals surface area contributed by atoms with E-state index >= 15 is 0 Å². The van der Waals surface area contributed by atoms with Crippen molar-refractivity contribution < 1.29 is 4.79 Å². The highest BCUT2D eigenvalue weighted by molar-refractivity contribution is 6.01. The Morgan fingerprint density at radius 3 is 2.69 bits per heavy atom. The zero-order valence-corrected chi connectivity index (χ0v) is 9.87. The van der Waals surface area contributed by atoms with E-state index in [0.717, 1.165) is 11.3 Å². The van der Waals surface area contributed by atoms with Gasteiger partial charge in [-0.2, -0.15) is 0 Å². The van der Waals surface area contributed by atoms with Gasteiger partial charge in [0.25, 0.3) is 0 Å². The summed E-state index contributed by atoms with van der Waals surface area (Å²) in [6, 6.07) is 5.64. The Kier molecular flexibility index (Phi) is 2.34. The van der Waals surface area contributed by atoms with Crippen LogP contribution in [-0.2, 0) is 6.42 Å². The summed E-state index contributed by atoms with van der Waals surface area (Å²) in [6.45, 7) is 5.75. The summed E-state index contributed by atoms with van der Waals surface area (Å²) in [5.41, 5.74) is 7.96. The lowest BCUT2D eigenvalue weighted by Gasteiger charge is -2.16. The highest BCUT2D eigenvalue weighted by Gasteiger charge is 2.24. The summed E-state index contributed by atoms with van der Waals surface area (Å²) in [4.78, 5) is 16.3. The molecule has 0 amide bonds. The summed E-state index contributed by atoms with van der Waals surface area (Å²) in [5, 5.41) is 0.